The Bertz CT molecular complexity index is 356. The van der Waals surface area contributed by atoms with Gasteiger partial charge >= 0.3 is 0 Å². The van der Waals surface area contributed by atoms with Crippen LogP contribution in [0.3, 0.4) is 0 Å². The van der Waals surface area contributed by atoms with Crippen molar-refractivity contribution in [3.8, 4) is 5.75 Å². The molecule has 0 aliphatic carbocycles. The Balaban J connectivity index is 1.88. The monoisotopic (exact) mass is 251 g/mol. The molecule has 0 radical (unpaired) electrons. The fourth-order valence-corrected chi connectivity index (χ4v) is 3.15. The Morgan fingerprint density at radius 3 is 3.06 bits per heavy atom. The SMILES string of the molecule is CCCCCC(N)C1CSc2ccccc2O1. The van der Waals surface area contributed by atoms with E-state index in [2.05, 4.69) is 19.1 Å². The van der Waals surface area contributed by atoms with Gasteiger partial charge in [-0.3, -0.25) is 0 Å². The minimum atomic E-state index is 0.169. The molecular weight excluding hydrogens is 230 g/mol. The van der Waals surface area contributed by atoms with Gasteiger partial charge in [0.2, 0.25) is 0 Å². The summed E-state index contributed by atoms with van der Waals surface area (Å²) in [6.45, 7) is 2.22. The van der Waals surface area contributed by atoms with Crippen molar-refractivity contribution >= 4 is 11.8 Å². The standard InChI is InChI=1S/C14H21NOS/c1-2-3-4-7-11(15)13-10-17-14-9-6-5-8-12(14)16-13/h5-6,8-9,11,13H,2-4,7,10,15H2,1H3. The van der Waals surface area contributed by atoms with E-state index in [4.69, 9.17) is 10.5 Å². The minimum Gasteiger partial charge on any atom is -0.487 e. The molecule has 1 heterocycles. The third kappa shape index (κ3) is 3.39. The summed E-state index contributed by atoms with van der Waals surface area (Å²) in [7, 11) is 0. The lowest BCUT2D eigenvalue weighted by Crippen LogP contribution is -2.42. The number of benzene rings is 1. The number of fused-ring (bicyclic) bond motifs is 1. The Morgan fingerprint density at radius 2 is 2.24 bits per heavy atom. The smallest absolute Gasteiger partial charge is 0.133 e. The van der Waals surface area contributed by atoms with Crippen LogP contribution in [0.4, 0.5) is 0 Å². The number of hydrogen-bond donors (Lipinski definition) is 1. The molecule has 1 aliphatic heterocycles. The predicted molar refractivity (Wildman–Crippen MR) is 73.7 cm³/mol. The van der Waals surface area contributed by atoms with Crippen molar-refractivity contribution < 1.29 is 4.74 Å². The summed E-state index contributed by atoms with van der Waals surface area (Å²) in [5.74, 6) is 1.98. The molecule has 0 saturated heterocycles. The summed E-state index contributed by atoms with van der Waals surface area (Å²) < 4.78 is 5.98. The molecule has 2 nitrogen and oxygen atoms in total. The van der Waals surface area contributed by atoms with Crippen LogP contribution in [0.1, 0.15) is 32.6 Å². The summed E-state index contributed by atoms with van der Waals surface area (Å²) in [6.07, 6.45) is 4.97. The first-order valence-electron chi connectivity index (χ1n) is 6.45. The molecule has 17 heavy (non-hydrogen) atoms. The van der Waals surface area contributed by atoms with Gasteiger partial charge in [0.25, 0.3) is 0 Å². The number of hydrogen-bond acceptors (Lipinski definition) is 3. The van der Waals surface area contributed by atoms with Crippen LogP contribution in [0.25, 0.3) is 0 Å². The average molecular weight is 251 g/mol. The summed E-state index contributed by atoms with van der Waals surface area (Å²) in [5.41, 5.74) is 6.21. The summed E-state index contributed by atoms with van der Waals surface area (Å²) in [5, 5.41) is 0. The maximum atomic E-state index is 6.21. The van der Waals surface area contributed by atoms with Gasteiger partial charge in [0.05, 0.1) is 0 Å². The van der Waals surface area contributed by atoms with E-state index < -0.39 is 0 Å². The van der Waals surface area contributed by atoms with Crippen molar-refractivity contribution in [3.63, 3.8) is 0 Å². The van der Waals surface area contributed by atoms with Gasteiger partial charge in [0.15, 0.2) is 0 Å². The van der Waals surface area contributed by atoms with Crippen molar-refractivity contribution in [2.24, 2.45) is 5.73 Å². The molecule has 1 aliphatic rings. The van der Waals surface area contributed by atoms with Gasteiger partial charge < -0.3 is 10.5 Å². The van der Waals surface area contributed by atoms with Gasteiger partial charge in [0.1, 0.15) is 11.9 Å². The molecule has 1 aromatic rings. The maximum Gasteiger partial charge on any atom is 0.133 e. The van der Waals surface area contributed by atoms with E-state index in [1.807, 2.05) is 23.9 Å². The summed E-state index contributed by atoms with van der Waals surface area (Å²) >= 11 is 1.86. The van der Waals surface area contributed by atoms with Crippen molar-refractivity contribution in [1.82, 2.24) is 0 Å². The van der Waals surface area contributed by atoms with Crippen molar-refractivity contribution in [1.29, 1.82) is 0 Å². The highest BCUT2D eigenvalue weighted by atomic mass is 32.2. The molecule has 2 unspecified atom stereocenters. The lowest BCUT2D eigenvalue weighted by Gasteiger charge is -2.29. The van der Waals surface area contributed by atoms with Gasteiger partial charge in [0, 0.05) is 16.7 Å². The van der Waals surface area contributed by atoms with Crippen LogP contribution in [-0.4, -0.2) is 17.9 Å². The largest absolute Gasteiger partial charge is 0.487 e. The van der Waals surface area contributed by atoms with Gasteiger partial charge in [-0.05, 0) is 18.6 Å². The first kappa shape index (κ1) is 12.8. The fourth-order valence-electron chi connectivity index (χ4n) is 2.06. The number of unbranched alkanes of at least 4 members (excludes halogenated alkanes) is 2. The second kappa shape index (κ2) is 6.31. The van der Waals surface area contributed by atoms with E-state index in [1.165, 1.54) is 24.2 Å². The fraction of sp³-hybridized carbons (Fsp3) is 0.571. The van der Waals surface area contributed by atoms with E-state index in [-0.39, 0.29) is 12.1 Å². The lowest BCUT2D eigenvalue weighted by molar-refractivity contribution is 0.178. The predicted octanol–water partition coefficient (Wildman–Crippen LogP) is 3.45. The second-order valence-electron chi connectivity index (χ2n) is 4.57. The molecule has 3 heteroatoms. The quantitative estimate of drug-likeness (QED) is 0.814. The van der Waals surface area contributed by atoms with Crippen LogP contribution < -0.4 is 10.5 Å². The lowest BCUT2D eigenvalue weighted by atomic mass is 10.0. The third-order valence-electron chi connectivity index (χ3n) is 3.15. The van der Waals surface area contributed by atoms with Crippen LogP contribution in [-0.2, 0) is 0 Å². The Kier molecular flexibility index (Phi) is 4.75. The number of ether oxygens (including phenoxy) is 1. The number of rotatable bonds is 5. The van der Waals surface area contributed by atoms with E-state index in [1.54, 1.807) is 0 Å². The normalized spacial score (nSPS) is 20.5. The Labute approximate surface area is 108 Å². The Hall–Kier alpha value is -0.670. The third-order valence-corrected chi connectivity index (χ3v) is 4.29. The second-order valence-corrected chi connectivity index (χ2v) is 5.64. The molecule has 0 spiro atoms. The zero-order valence-corrected chi connectivity index (χ0v) is 11.2. The summed E-state index contributed by atoms with van der Waals surface area (Å²) in [4.78, 5) is 1.24. The molecule has 1 aromatic carbocycles. The van der Waals surface area contributed by atoms with Crippen molar-refractivity contribution in [2.75, 3.05) is 5.75 Å². The van der Waals surface area contributed by atoms with Gasteiger partial charge in [-0.15, -0.1) is 11.8 Å². The molecular formula is C14H21NOS. The molecule has 0 amide bonds. The van der Waals surface area contributed by atoms with E-state index in [0.717, 1.165) is 17.9 Å². The molecule has 0 saturated carbocycles. The van der Waals surface area contributed by atoms with E-state index >= 15 is 0 Å². The zero-order valence-electron chi connectivity index (χ0n) is 10.4. The average Bonchev–Trinajstić information content (AvgIpc) is 2.38. The van der Waals surface area contributed by atoms with Crippen LogP contribution in [0.5, 0.6) is 5.75 Å². The van der Waals surface area contributed by atoms with Crippen molar-refractivity contribution in [2.45, 2.75) is 49.6 Å². The van der Waals surface area contributed by atoms with Crippen LogP contribution in [0, 0.1) is 0 Å². The zero-order chi connectivity index (χ0) is 12.1. The molecule has 2 atom stereocenters. The van der Waals surface area contributed by atoms with Gasteiger partial charge in [-0.25, -0.2) is 0 Å². The molecule has 0 aromatic heterocycles. The van der Waals surface area contributed by atoms with Crippen LogP contribution >= 0.6 is 11.8 Å². The van der Waals surface area contributed by atoms with E-state index in [0.29, 0.717) is 0 Å². The first-order chi connectivity index (χ1) is 8.31. The van der Waals surface area contributed by atoms with Gasteiger partial charge in [-0.2, -0.15) is 0 Å². The minimum absolute atomic E-state index is 0.169. The highest BCUT2D eigenvalue weighted by Gasteiger charge is 2.25. The molecule has 0 fully saturated rings. The first-order valence-corrected chi connectivity index (χ1v) is 7.44. The number of para-hydroxylation sites is 1. The number of nitrogens with two attached hydrogens (primary N) is 1. The highest BCUT2D eigenvalue weighted by Crippen LogP contribution is 2.35. The molecule has 2 rings (SSSR count). The Morgan fingerprint density at radius 1 is 1.41 bits per heavy atom. The van der Waals surface area contributed by atoms with Crippen molar-refractivity contribution in [3.05, 3.63) is 24.3 Å². The molecule has 94 valence electrons. The van der Waals surface area contributed by atoms with Crippen LogP contribution in [0.15, 0.2) is 29.2 Å². The van der Waals surface area contributed by atoms with Gasteiger partial charge in [-0.1, -0.05) is 38.3 Å². The topological polar surface area (TPSA) is 35.2 Å². The molecule has 0 bridgehead atoms. The maximum absolute atomic E-state index is 6.21. The molecule has 2 N–H and O–H groups in total. The van der Waals surface area contributed by atoms with Crippen LogP contribution in [0.2, 0.25) is 0 Å². The highest BCUT2D eigenvalue weighted by molar-refractivity contribution is 7.99. The van der Waals surface area contributed by atoms with E-state index in [9.17, 15) is 0 Å². The number of thioether (sulfide) groups is 1. The summed E-state index contributed by atoms with van der Waals surface area (Å²) in [6, 6.07) is 8.38.